The molecular weight excluding hydrogens is 324 g/mol. The van der Waals surface area contributed by atoms with E-state index in [1.54, 1.807) is 11.0 Å². The van der Waals surface area contributed by atoms with Crippen LogP contribution in [0.1, 0.15) is 27.9 Å². The molecule has 0 bridgehead atoms. The van der Waals surface area contributed by atoms with Crippen LogP contribution in [0.2, 0.25) is 0 Å². The number of carbonyl (C=O) groups is 1. The minimum absolute atomic E-state index is 0.122. The third-order valence-electron chi connectivity index (χ3n) is 4.99. The maximum absolute atomic E-state index is 13.1. The number of carbonyl (C=O) groups excluding carboxylic acids is 1. The van der Waals surface area contributed by atoms with E-state index in [0.29, 0.717) is 12.5 Å². The molecule has 1 aliphatic rings. The predicted octanol–water partition coefficient (Wildman–Crippen LogP) is 3.03. The molecule has 1 unspecified atom stereocenters. The highest BCUT2D eigenvalue weighted by Gasteiger charge is 2.28. The fourth-order valence-electron chi connectivity index (χ4n) is 3.66. The van der Waals surface area contributed by atoms with Crippen LogP contribution in [0.4, 0.5) is 0 Å². The predicted molar refractivity (Wildman–Crippen MR) is 99.7 cm³/mol. The van der Waals surface area contributed by atoms with Crippen LogP contribution < -0.4 is 0 Å². The van der Waals surface area contributed by atoms with Gasteiger partial charge in [0.25, 0.3) is 5.91 Å². The summed E-state index contributed by atoms with van der Waals surface area (Å²) in [5.74, 6) is 0.653. The molecule has 1 amide bonds. The van der Waals surface area contributed by atoms with Crippen molar-refractivity contribution in [3.05, 3.63) is 83.9 Å². The van der Waals surface area contributed by atoms with Gasteiger partial charge < -0.3 is 4.90 Å². The topological polar surface area (TPSA) is 51.0 Å². The molecule has 4 rings (SSSR count). The maximum atomic E-state index is 13.1. The van der Waals surface area contributed by atoms with E-state index in [1.165, 1.54) is 11.9 Å². The van der Waals surface area contributed by atoms with Crippen LogP contribution in [0.5, 0.6) is 0 Å². The Morgan fingerprint density at radius 1 is 1.08 bits per heavy atom. The lowest BCUT2D eigenvalue weighted by Crippen LogP contribution is -2.30. The monoisotopic (exact) mass is 346 g/mol. The molecule has 2 aromatic carbocycles. The Kier molecular flexibility index (Phi) is 4.78. The molecule has 0 N–H and O–H groups in total. The summed E-state index contributed by atoms with van der Waals surface area (Å²) < 4.78 is 1.74. The molecule has 5 heteroatoms. The highest BCUT2D eigenvalue weighted by atomic mass is 16.2. The number of nitrogens with zero attached hydrogens (tertiary/aromatic N) is 4. The molecule has 132 valence electrons. The fraction of sp³-hybridized carbons (Fsp3) is 0.286. The number of hydrogen-bond acceptors (Lipinski definition) is 3. The van der Waals surface area contributed by atoms with E-state index < -0.39 is 0 Å². The van der Waals surface area contributed by atoms with E-state index in [4.69, 9.17) is 0 Å². The van der Waals surface area contributed by atoms with Gasteiger partial charge in [-0.25, -0.2) is 9.67 Å². The standard InChI is InChI=1S/C21H22N4O/c26-21(20-9-5-4-8-19(20)14-25-16-22-15-23-25)24-11-10-18(13-24)12-17-6-2-1-3-7-17/h1-9,15-16,18H,10-14H2. The van der Waals surface area contributed by atoms with Crippen LogP contribution in [-0.4, -0.2) is 38.7 Å². The van der Waals surface area contributed by atoms with E-state index in [1.807, 2.05) is 35.2 Å². The molecule has 1 aliphatic heterocycles. The number of rotatable bonds is 5. The van der Waals surface area contributed by atoms with Gasteiger partial charge in [0.2, 0.25) is 0 Å². The smallest absolute Gasteiger partial charge is 0.254 e. The first kappa shape index (κ1) is 16.5. The molecule has 5 nitrogen and oxygen atoms in total. The second-order valence-corrected chi connectivity index (χ2v) is 6.85. The molecule has 0 radical (unpaired) electrons. The third kappa shape index (κ3) is 3.67. The lowest BCUT2D eigenvalue weighted by atomic mass is 9.99. The first-order chi connectivity index (χ1) is 12.8. The van der Waals surface area contributed by atoms with Crippen LogP contribution in [0.15, 0.2) is 67.3 Å². The van der Waals surface area contributed by atoms with Gasteiger partial charge in [0.05, 0.1) is 6.54 Å². The van der Waals surface area contributed by atoms with E-state index >= 15 is 0 Å². The van der Waals surface area contributed by atoms with Crippen molar-refractivity contribution in [1.29, 1.82) is 0 Å². The molecule has 1 aromatic heterocycles. The average molecular weight is 346 g/mol. The van der Waals surface area contributed by atoms with E-state index in [-0.39, 0.29) is 5.91 Å². The van der Waals surface area contributed by atoms with Crippen LogP contribution in [0.3, 0.4) is 0 Å². The molecule has 0 aliphatic carbocycles. The van der Waals surface area contributed by atoms with Crippen molar-refractivity contribution in [2.24, 2.45) is 5.92 Å². The maximum Gasteiger partial charge on any atom is 0.254 e. The summed E-state index contributed by atoms with van der Waals surface area (Å²) >= 11 is 0. The van der Waals surface area contributed by atoms with E-state index in [0.717, 1.165) is 37.1 Å². The molecular formula is C21H22N4O. The van der Waals surface area contributed by atoms with Crippen molar-refractivity contribution in [3.8, 4) is 0 Å². The van der Waals surface area contributed by atoms with Crippen molar-refractivity contribution in [2.45, 2.75) is 19.4 Å². The molecule has 1 fully saturated rings. The third-order valence-corrected chi connectivity index (χ3v) is 4.99. The Balaban J connectivity index is 1.45. The SMILES string of the molecule is O=C(c1ccccc1Cn1cncn1)N1CCC(Cc2ccccc2)C1. The number of benzene rings is 2. The van der Waals surface area contributed by atoms with Crippen LogP contribution in [-0.2, 0) is 13.0 Å². The summed E-state index contributed by atoms with van der Waals surface area (Å²) in [7, 11) is 0. The van der Waals surface area contributed by atoms with Gasteiger partial charge in [-0.05, 0) is 36.0 Å². The Hall–Kier alpha value is -2.95. The van der Waals surface area contributed by atoms with Crippen molar-refractivity contribution in [2.75, 3.05) is 13.1 Å². The van der Waals surface area contributed by atoms with Crippen LogP contribution in [0.25, 0.3) is 0 Å². The minimum atomic E-state index is 0.122. The van der Waals surface area contributed by atoms with E-state index in [9.17, 15) is 4.79 Å². The van der Waals surface area contributed by atoms with Gasteiger partial charge in [-0.3, -0.25) is 4.79 Å². The number of amides is 1. The highest BCUT2D eigenvalue weighted by molar-refractivity contribution is 5.95. The van der Waals surface area contributed by atoms with Crippen molar-refractivity contribution < 1.29 is 4.79 Å². The van der Waals surface area contributed by atoms with Gasteiger partial charge in [0.1, 0.15) is 12.7 Å². The second-order valence-electron chi connectivity index (χ2n) is 6.85. The molecule has 3 aromatic rings. The molecule has 2 heterocycles. The van der Waals surface area contributed by atoms with Gasteiger partial charge in [-0.15, -0.1) is 0 Å². The first-order valence-corrected chi connectivity index (χ1v) is 9.03. The summed E-state index contributed by atoms with van der Waals surface area (Å²) in [4.78, 5) is 19.0. The van der Waals surface area contributed by atoms with Gasteiger partial charge in [-0.2, -0.15) is 5.10 Å². The highest BCUT2D eigenvalue weighted by Crippen LogP contribution is 2.23. The van der Waals surface area contributed by atoms with Crippen LogP contribution >= 0.6 is 0 Å². The largest absolute Gasteiger partial charge is 0.338 e. The van der Waals surface area contributed by atoms with E-state index in [2.05, 4.69) is 34.3 Å². The van der Waals surface area contributed by atoms with Gasteiger partial charge in [0.15, 0.2) is 0 Å². The lowest BCUT2D eigenvalue weighted by molar-refractivity contribution is 0.0786. The number of hydrogen-bond donors (Lipinski definition) is 0. The Morgan fingerprint density at radius 3 is 2.69 bits per heavy atom. The molecule has 26 heavy (non-hydrogen) atoms. The molecule has 0 spiro atoms. The Morgan fingerprint density at radius 2 is 1.88 bits per heavy atom. The van der Waals surface area contributed by atoms with Crippen molar-refractivity contribution in [3.63, 3.8) is 0 Å². The lowest BCUT2D eigenvalue weighted by Gasteiger charge is -2.19. The summed E-state index contributed by atoms with van der Waals surface area (Å²) in [6.45, 7) is 2.21. The normalized spacial score (nSPS) is 16.8. The summed E-state index contributed by atoms with van der Waals surface area (Å²) in [5, 5.41) is 4.15. The number of aromatic nitrogens is 3. The summed E-state index contributed by atoms with van der Waals surface area (Å²) in [5.41, 5.74) is 3.09. The average Bonchev–Trinajstić information content (AvgIpc) is 3.35. The fourth-order valence-corrected chi connectivity index (χ4v) is 3.66. The number of likely N-dealkylation sites (tertiary alicyclic amines) is 1. The van der Waals surface area contributed by atoms with Gasteiger partial charge in [0, 0.05) is 18.7 Å². The zero-order valence-electron chi connectivity index (χ0n) is 14.7. The summed E-state index contributed by atoms with van der Waals surface area (Å²) in [6, 6.07) is 18.3. The zero-order chi connectivity index (χ0) is 17.8. The van der Waals surface area contributed by atoms with Crippen LogP contribution in [0, 0.1) is 5.92 Å². The Labute approximate surface area is 153 Å². The zero-order valence-corrected chi connectivity index (χ0v) is 14.7. The second kappa shape index (κ2) is 7.52. The Bertz CT molecular complexity index is 861. The summed E-state index contributed by atoms with van der Waals surface area (Å²) in [6.07, 6.45) is 5.28. The molecule has 0 saturated carbocycles. The molecule has 1 saturated heterocycles. The van der Waals surface area contributed by atoms with Crippen molar-refractivity contribution in [1.82, 2.24) is 19.7 Å². The van der Waals surface area contributed by atoms with Gasteiger partial charge in [-0.1, -0.05) is 48.5 Å². The van der Waals surface area contributed by atoms with Gasteiger partial charge >= 0.3 is 0 Å². The molecule has 1 atom stereocenters. The quantitative estimate of drug-likeness (QED) is 0.713. The first-order valence-electron chi connectivity index (χ1n) is 9.03. The van der Waals surface area contributed by atoms with Crippen molar-refractivity contribution >= 4 is 5.91 Å². The minimum Gasteiger partial charge on any atom is -0.338 e.